The van der Waals surface area contributed by atoms with Gasteiger partial charge in [0, 0.05) is 13.1 Å². The molecule has 0 saturated carbocycles. The Balaban J connectivity index is 4.28. The Labute approximate surface area is 93.7 Å². The smallest absolute Gasteiger partial charge is 0.0768 e. The number of likely N-dealkylation sites (N-methyl/N-ethyl adjacent to an activating group) is 1. The SMILES string of the molecule is CCN(CC(C)C#N)CC(C)(O)C(C)C. The zero-order chi connectivity index (χ0) is 12.1. The van der Waals surface area contributed by atoms with Gasteiger partial charge in [-0.1, -0.05) is 20.8 Å². The molecule has 0 heterocycles. The van der Waals surface area contributed by atoms with Crippen LogP contribution in [-0.4, -0.2) is 35.2 Å². The molecule has 0 aromatic heterocycles. The quantitative estimate of drug-likeness (QED) is 0.731. The van der Waals surface area contributed by atoms with Crippen LogP contribution in [0, 0.1) is 23.2 Å². The highest BCUT2D eigenvalue weighted by Gasteiger charge is 2.27. The molecule has 0 bridgehead atoms. The van der Waals surface area contributed by atoms with E-state index in [1.165, 1.54) is 0 Å². The van der Waals surface area contributed by atoms with Crippen LogP contribution < -0.4 is 0 Å². The van der Waals surface area contributed by atoms with Crippen LogP contribution in [0.4, 0.5) is 0 Å². The van der Waals surface area contributed by atoms with Crippen molar-refractivity contribution in [3.63, 3.8) is 0 Å². The molecule has 0 radical (unpaired) electrons. The third-order valence-corrected chi connectivity index (χ3v) is 2.99. The van der Waals surface area contributed by atoms with Crippen molar-refractivity contribution in [2.45, 2.75) is 40.2 Å². The molecule has 3 nitrogen and oxygen atoms in total. The van der Waals surface area contributed by atoms with Gasteiger partial charge in [-0.3, -0.25) is 4.90 Å². The minimum absolute atomic E-state index is 0.0212. The minimum atomic E-state index is -0.675. The lowest BCUT2D eigenvalue weighted by Crippen LogP contribution is -2.45. The van der Waals surface area contributed by atoms with Crippen molar-refractivity contribution >= 4 is 0 Å². The normalized spacial score (nSPS) is 17.5. The molecule has 0 aliphatic carbocycles. The summed E-state index contributed by atoms with van der Waals surface area (Å²) in [5, 5.41) is 18.9. The van der Waals surface area contributed by atoms with E-state index in [0.29, 0.717) is 6.54 Å². The van der Waals surface area contributed by atoms with Gasteiger partial charge >= 0.3 is 0 Å². The molecular weight excluding hydrogens is 188 g/mol. The van der Waals surface area contributed by atoms with E-state index in [0.717, 1.165) is 13.1 Å². The second-order valence-corrected chi connectivity index (χ2v) is 4.87. The maximum Gasteiger partial charge on any atom is 0.0768 e. The lowest BCUT2D eigenvalue weighted by atomic mass is 9.92. The Morgan fingerprint density at radius 2 is 1.93 bits per heavy atom. The van der Waals surface area contributed by atoms with Gasteiger partial charge in [0.1, 0.15) is 0 Å². The number of nitriles is 1. The van der Waals surface area contributed by atoms with Gasteiger partial charge in [-0.05, 0) is 26.3 Å². The van der Waals surface area contributed by atoms with E-state index in [2.05, 4.69) is 17.9 Å². The van der Waals surface area contributed by atoms with Crippen molar-refractivity contribution in [2.75, 3.05) is 19.6 Å². The molecule has 0 aliphatic rings. The van der Waals surface area contributed by atoms with E-state index >= 15 is 0 Å². The van der Waals surface area contributed by atoms with Gasteiger partial charge in [0.15, 0.2) is 0 Å². The van der Waals surface area contributed by atoms with Crippen LogP contribution in [0.3, 0.4) is 0 Å². The summed E-state index contributed by atoms with van der Waals surface area (Å²) in [6.07, 6.45) is 0. The fourth-order valence-electron chi connectivity index (χ4n) is 1.37. The second kappa shape index (κ2) is 6.09. The lowest BCUT2D eigenvalue weighted by Gasteiger charge is -2.34. The number of hydrogen-bond acceptors (Lipinski definition) is 3. The van der Waals surface area contributed by atoms with E-state index in [4.69, 9.17) is 5.26 Å². The highest BCUT2D eigenvalue weighted by atomic mass is 16.3. The zero-order valence-electron chi connectivity index (χ0n) is 10.6. The Kier molecular flexibility index (Phi) is 5.85. The molecule has 15 heavy (non-hydrogen) atoms. The average Bonchev–Trinajstić information content (AvgIpc) is 2.15. The summed E-state index contributed by atoms with van der Waals surface area (Å²) in [5.74, 6) is 0.247. The Morgan fingerprint density at radius 1 is 1.40 bits per heavy atom. The van der Waals surface area contributed by atoms with Crippen molar-refractivity contribution in [3.05, 3.63) is 0 Å². The zero-order valence-corrected chi connectivity index (χ0v) is 10.6. The highest BCUT2D eigenvalue weighted by Crippen LogP contribution is 2.18. The number of aliphatic hydroxyl groups is 1. The van der Waals surface area contributed by atoms with Crippen LogP contribution in [0.1, 0.15) is 34.6 Å². The average molecular weight is 212 g/mol. The van der Waals surface area contributed by atoms with Crippen LogP contribution in [0.2, 0.25) is 0 Å². The van der Waals surface area contributed by atoms with Crippen molar-refractivity contribution < 1.29 is 5.11 Å². The van der Waals surface area contributed by atoms with Gasteiger partial charge in [0.05, 0.1) is 17.6 Å². The molecule has 1 N–H and O–H groups in total. The molecule has 2 atom stereocenters. The molecule has 3 heteroatoms. The largest absolute Gasteiger partial charge is 0.389 e. The fraction of sp³-hybridized carbons (Fsp3) is 0.917. The van der Waals surface area contributed by atoms with E-state index in [1.54, 1.807) is 0 Å². The summed E-state index contributed by atoms with van der Waals surface area (Å²) in [6, 6.07) is 2.22. The molecule has 0 rings (SSSR count). The third-order valence-electron chi connectivity index (χ3n) is 2.99. The van der Waals surface area contributed by atoms with Crippen LogP contribution in [0.5, 0.6) is 0 Å². The van der Waals surface area contributed by atoms with E-state index in [9.17, 15) is 5.11 Å². The molecule has 2 unspecified atom stereocenters. The summed E-state index contributed by atoms with van der Waals surface area (Å²) < 4.78 is 0. The minimum Gasteiger partial charge on any atom is -0.389 e. The van der Waals surface area contributed by atoms with Crippen molar-refractivity contribution in [2.24, 2.45) is 11.8 Å². The van der Waals surface area contributed by atoms with E-state index < -0.39 is 5.60 Å². The van der Waals surface area contributed by atoms with Gasteiger partial charge < -0.3 is 5.11 Å². The Hall–Kier alpha value is -0.590. The summed E-state index contributed by atoms with van der Waals surface area (Å²) in [7, 11) is 0. The van der Waals surface area contributed by atoms with Gasteiger partial charge in [0.25, 0.3) is 0 Å². The number of rotatable bonds is 6. The van der Waals surface area contributed by atoms with Crippen molar-refractivity contribution in [1.29, 1.82) is 5.26 Å². The van der Waals surface area contributed by atoms with E-state index in [1.807, 2.05) is 27.7 Å². The molecule has 0 fully saturated rings. The van der Waals surface area contributed by atoms with Crippen molar-refractivity contribution in [3.8, 4) is 6.07 Å². The maximum absolute atomic E-state index is 10.2. The van der Waals surface area contributed by atoms with Crippen LogP contribution in [-0.2, 0) is 0 Å². The van der Waals surface area contributed by atoms with Crippen LogP contribution in [0.25, 0.3) is 0 Å². The lowest BCUT2D eigenvalue weighted by molar-refractivity contribution is -0.0191. The summed E-state index contributed by atoms with van der Waals surface area (Å²) in [5.41, 5.74) is -0.675. The molecule has 0 saturated heterocycles. The maximum atomic E-state index is 10.2. The number of nitrogens with zero attached hydrogens (tertiary/aromatic N) is 2. The third kappa shape index (κ3) is 5.15. The molecule has 0 aromatic rings. The van der Waals surface area contributed by atoms with E-state index in [-0.39, 0.29) is 11.8 Å². The molecule has 0 amide bonds. The topological polar surface area (TPSA) is 47.3 Å². The first kappa shape index (κ1) is 14.4. The predicted octanol–water partition coefficient (Wildman–Crippen LogP) is 1.87. The van der Waals surface area contributed by atoms with Gasteiger partial charge in [-0.25, -0.2) is 0 Å². The van der Waals surface area contributed by atoms with Crippen LogP contribution >= 0.6 is 0 Å². The van der Waals surface area contributed by atoms with Crippen molar-refractivity contribution in [1.82, 2.24) is 4.90 Å². The monoisotopic (exact) mass is 212 g/mol. The summed E-state index contributed by atoms with van der Waals surface area (Å²) in [6.45, 7) is 12.1. The fourth-order valence-corrected chi connectivity index (χ4v) is 1.37. The first-order valence-corrected chi connectivity index (χ1v) is 5.67. The van der Waals surface area contributed by atoms with Gasteiger partial charge in [0.2, 0.25) is 0 Å². The predicted molar refractivity (Wildman–Crippen MR) is 62.4 cm³/mol. The van der Waals surface area contributed by atoms with Gasteiger partial charge in [-0.15, -0.1) is 0 Å². The molecular formula is C12H24N2O. The first-order valence-electron chi connectivity index (χ1n) is 5.67. The Morgan fingerprint density at radius 3 is 2.27 bits per heavy atom. The second-order valence-electron chi connectivity index (χ2n) is 4.87. The molecule has 88 valence electrons. The first-order chi connectivity index (χ1) is 6.83. The standard InChI is InChI=1S/C12H24N2O/c1-6-14(8-11(4)7-13)9-12(5,15)10(2)3/h10-11,15H,6,8-9H2,1-5H3. The summed E-state index contributed by atoms with van der Waals surface area (Å²) >= 11 is 0. The van der Waals surface area contributed by atoms with Crippen LogP contribution in [0.15, 0.2) is 0 Å². The molecule has 0 aromatic carbocycles. The molecule has 0 aliphatic heterocycles. The van der Waals surface area contributed by atoms with Gasteiger partial charge in [-0.2, -0.15) is 5.26 Å². The number of hydrogen-bond donors (Lipinski definition) is 1. The molecule has 0 spiro atoms. The summed E-state index contributed by atoms with van der Waals surface area (Å²) in [4.78, 5) is 2.13. The Bertz CT molecular complexity index is 218. The highest BCUT2D eigenvalue weighted by molar-refractivity contribution is 4.85.